The van der Waals surface area contributed by atoms with E-state index in [1.165, 1.54) is 4.90 Å². The smallest absolute Gasteiger partial charge is 0.345 e. The summed E-state index contributed by atoms with van der Waals surface area (Å²) in [6.45, 7) is 1.22. The van der Waals surface area contributed by atoms with Crippen molar-refractivity contribution in [2.75, 3.05) is 37.6 Å². The van der Waals surface area contributed by atoms with Gasteiger partial charge in [-0.15, -0.1) is 0 Å². The SMILES string of the molecule is FC(F)(F)CN1CCN(c2nc3ccccc3s2)CC1. The molecular formula is C13H14F3N3S. The molecule has 3 rings (SSSR count). The molecule has 20 heavy (non-hydrogen) atoms. The normalized spacial score (nSPS) is 17.9. The summed E-state index contributed by atoms with van der Waals surface area (Å²) in [5.74, 6) is 0. The third-order valence-electron chi connectivity index (χ3n) is 3.33. The summed E-state index contributed by atoms with van der Waals surface area (Å²) in [6.07, 6.45) is -4.11. The number of halogens is 3. The van der Waals surface area contributed by atoms with Crippen molar-refractivity contribution in [2.24, 2.45) is 0 Å². The average Bonchev–Trinajstić information content (AvgIpc) is 2.81. The van der Waals surface area contributed by atoms with Crippen LogP contribution >= 0.6 is 11.3 Å². The van der Waals surface area contributed by atoms with E-state index in [4.69, 9.17) is 0 Å². The zero-order chi connectivity index (χ0) is 14.2. The standard InChI is InChI=1S/C13H14F3N3S/c14-13(15,16)9-18-5-7-19(8-6-18)12-17-10-3-1-2-4-11(10)20-12/h1-4H,5-9H2. The fourth-order valence-electron chi connectivity index (χ4n) is 2.35. The van der Waals surface area contributed by atoms with E-state index in [1.54, 1.807) is 11.3 Å². The molecule has 1 aromatic heterocycles. The van der Waals surface area contributed by atoms with Gasteiger partial charge in [-0.2, -0.15) is 13.2 Å². The van der Waals surface area contributed by atoms with E-state index >= 15 is 0 Å². The minimum Gasteiger partial charge on any atom is -0.345 e. The molecule has 1 saturated heterocycles. The van der Waals surface area contributed by atoms with Gasteiger partial charge < -0.3 is 4.90 Å². The number of hydrogen-bond donors (Lipinski definition) is 0. The Morgan fingerprint density at radius 1 is 1.10 bits per heavy atom. The molecule has 3 nitrogen and oxygen atoms in total. The van der Waals surface area contributed by atoms with Gasteiger partial charge in [-0.05, 0) is 12.1 Å². The lowest BCUT2D eigenvalue weighted by atomic mass is 10.3. The number of nitrogens with zero attached hydrogens (tertiary/aromatic N) is 3. The first-order valence-electron chi connectivity index (χ1n) is 6.41. The van der Waals surface area contributed by atoms with Crippen molar-refractivity contribution in [1.29, 1.82) is 0 Å². The first-order valence-corrected chi connectivity index (χ1v) is 7.22. The highest BCUT2D eigenvalue weighted by atomic mass is 32.1. The van der Waals surface area contributed by atoms with Crippen LogP contribution in [0.4, 0.5) is 18.3 Å². The molecule has 0 spiro atoms. The maximum Gasteiger partial charge on any atom is 0.401 e. The van der Waals surface area contributed by atoms with E-state index in [0.29, 0.717) is 26.2 Å². The first-order chi connectivity index (χ1) is 9.51. The number of piperazine rings is 1. The number of aromatic nitrogens is 1. The second-order valence-corrected chi connectivity index (χ2v) is 5.85. The molecular weight excluding hydrogens is 287 g/mol. The Bertz CT molecular complexity index is 555. The predicted molar refractivity (Wildman–Crippen MR) is 74.3 cm³/mol. The summed E-state index contributed by atoms with van der Waals surface area (Å²) in [5, 5.41) is 0.901. The Morgan fingerprint density at radius 2 is 1.80 bits per heavy atom. The fourth-order valence-corrected chi connectivity index (χ4v) is 3.36. The Labute approximate surface area is 118 Å². The summed E-state index contributed by atoms with van der Waals surface area (Å²) < 4.78 is 38.1. The van der Waals surface area contributed by atoms with E-state index in [-0.39, 0.29) is 0 Å². The number of benzene rings is 1. The molecule has 0 N–H and O–H groups in total. The van der Waals surface area contributed by atoms with Crippen molar-refractivity contribution >= 4 is 26.7 Å². The number of hydrogen-bond acceptors (Lipinski definition) is 4. The topological polar surface area (TPSA) is 19.4 Å². The maximum atomic E-state index is 12.3. The van der Waals surface area contributed by atoms with Gasteiger partial charge in [-0.3, -0.25) is 4.90 Å². The molecule has 1 aliphatic heterocycles. The molecule has 0 atom stereocenters. The van der Waals surface area contributed by atoms with Gasteiger partial charge in [-0.25, -0.2) is 4.98 Å². The van der Waals surface area contributed by atoms with Crippen LogP contribution in [0.1, 0.15) is 0 Å². The summed E-state index contributed by atoms with van der Waals surface area (Å²) >= 11 is 1.59. The molecule has 1 aliphatic rings. The van der Waals surface area contributed by atoms with E-state index in [0.717, 1.165) is 15.3 Å². The number of rotatable bonds is 2. The number of thiazole rings is 1. The largest absolute Gasteiger partial charge is 0.401 e. The van der Waals surface area contributed by atoms with Crippen molar-refractivity contribution in [3.8, 4) is 0 Å². The number of alkyl halides is 3. The Balaban J connectivity index is 1.66. The van der Waals surface area contributed by atoms with Crippen molar-refractivity contribution in [2.45, 2.75) is 6.18 Å². The van der Waals surface area contributed by atoms with Gasteiger partial charge in [-0.1, -0.05) is 23.5 Å². The Kier molecular flexibility index (Phi) is 3.55. The van der Waals surface area contributed by atoms with Gasteiger partial charge in [0, 0.05) is 26.2 Å². The molecule has 1 aromatic carbocycles. The van der Waals surface area contributed by atoms with E-state index in [9.17, 15) is 13.2 Å². The van der Waals surface area contributed by atoms with Gasteiger partial charge in [0.05, 0.1) is 16.8 Å². The molecule has 1 fully saturated rings. The van der Waals surface area contributed by atoms with E-state index in [1.807, 2.05) is 24.3 Å². The van der Waals surface area contributed by atoms with Crippen LogP contribution in [0.2, 0.25) is 0 Å². The highest BCUT2D eigenvalue weighted by Crippen LogP contribution is 2.29. The molecule has 7 heteroatoms. The molecule has 0 bridgehead atoms. The third kappa shape index (κ3) is 3.04. The summed E-state index contributed by atoms with van der Waals surface area (Å²) in [4.78, 5) is 8.05. The third-order valence-corrected chi connectivity index (χ3v) is 4.43. The number of anilines is 1. The van der Waals surface area contributed by atoms with Crippen LogP contribution in [0.5, 0.6) is 0 Å². The lowest BCUT2D eigenvalue weighted by molar-refractivity contribution is -0.146. The Morgan fingerprint density at radius 3 is 2.45 bits per heavy atom. The molecule has 2 aromatic rings. The van der Waals surface area contributed by atoms with Crippen LogP contribution in [0.25, 0.3) is 10.2 Å². The summed E-state index contributed by atoms with van der Waals surface area (Å²) in [6, 6.07) is 7.87. The molecule has 0 radical (unpaired) electrons. The quantitative estimate of drug-likeness (QED) is 0.850. The summed E-state index contributed by atoms with van der Waals surface area (Å²) in [5.41, 5.74) is 0.949. The van der Waals surface area contributed by atoms with Crippen molar-refractivity contribution in [3.63, 3.8) is 0 Å². The molecule has 2 heterocycles. The van der Waals surface area contributed by atoms with Crippen LogP contribution in [0.15, 0.2) is 24.3 Å². The maximum absolute atomic E-state index is 12.3. The predicted octanol–water partition coefficient (Wildman–Crippen LogP) is 2.98. The monoisotopic (exact) mass is 301 g/mol. The van der Waals surface area contributed by atoms with Crippen molar-refractivity contribution in [1.82, 2.24) is 9.88 Å². The molecule has 0 unspecified atom stereocenters. The van der Waals surface area contributed by atoms with Gasteiger partial charge in [0.2, 0.25) is 0 Å². The number of fused-ring (bicyclic) bond motifs is 1. The van der Waals surface area contributed by atoms with Crippen LogP contribution in [-0.4, -0.2) is 48.8 Å². The lowest BCUT2D eigenvalue weighted by Gasteiger charge is -2.34. The second-order valence-electron chi connectivity index (χ2n) is 4.84. The fraction of sp³-hybridized carbons (Fsp3) is 0.462. The molecule has 0 saturated carbocycles. The number of para-hydroxylation sites is 1. The zero-order valence-electron chi connectivity index (χ0n) is 10.7. The molecule has 0 amide bonds. The minimum atomic E-state index is -4.11. The second kappa shape index (κ2) is 5.21. The van der Waals surface area contributed by atoms with Gasteiger partial charge in [0.25, 0.3) is 0 Å². The Hall–Kier alpha value is -1.34. The highest BCUT2D eigenvalue weighted by Gasteiger charge is 2.32. The zero-order valence-corrected chi connectivity index (χ0v) is 11.5. The van der Waals surface area contributed by atoms with Crippen molar-refractivity contribution < 1.29 is 13.2 Å². The van der Waals surface area contributed by atoms with Gasteiger partial charge >= 0.3 is 6.18 Å². The van der Waals surface area contributed by atoms with Gasteiger partial charge in [0.15, 0.2) is 5.13 Å². The molecule has 108 valence electrons. The van der Waals surface area contributed by atoms with Crippen LogP contribution in [0, 0.1) is 0 Å². The summed E-state index contributed by atoms with van der Waals surface area (Å²) in [7, 11) is 0. The highest BCUT2D eigenvalue weighted by molar-refractivity contribution is 7.22. The first kappa shape index (κ1) is 13.6. The van der Waals surface area contributed by atoms with E-state index < -0.39 is 12.7 Å². The lowest BCUT2D eigenvalue weighted by Crippen LogP contribution is -2.49. The van der Waals surface area contributed by atoms with Crippen molar-refractivity contribution in [3.05, 3.63) is 24.3 Å². The van der Waals surface area contributed by atoms with Crippen LogP contribution in [0.3, 0.4) is 0 Å². The van der Waals surface area contributed by atoms with E-state index in [2.05, 4.69) is 9.88 Å². The van der Waals surface area contributed by atoms with Crippen LogP contribution < -0.4 is 4.90 Å². The average molecular weight is 301 g/mol. The minimum absolute atomic E-state index is 0.426. The molecule has 0 aliphatic carbocycles. The van der Waals surface area contributed by atoms with Gasteiger partial charge in [0.1, 0.15) is 0 Å². The van der Waals surface area contributed by atoms with Crippen LogP contribution in [-0.2, 0) is 0 Å².